The van der Waals surface area contributed by atoms with Crippen LogP contribution in [-0.4, -0.2) is 26.4 Å². The van der Waals surface area contributed by atoms with Crippen molar-refractivity contribution in [2.24, 2.45) is 7.05 Å². The van der Waals surface area contributed by atoms with Gasteiger partial charge >= 0.3 is 0 Å². The summed E-state index contributed by atoms with van der Waals surface area (Å²) in [6, 6.07) is 0.281. The first-order valence-electron chi connectivity index (χ1n) is 7.25. The Morgan fingerprint density at radius 2 is 2.10 bits per heavy atom. The van der Waals surface area contributed by atoms with Crippen molar-refractivity contribution < 1.29 is 0 Å². The molecule has 110 valence electrons. The van der Waals surface area contributed by atoms with Crippen molar-refractivity contribution in [3.05, 3.63) is 35.2 Å². The molecule has 0 aliphatic heterocycles. The van der Waals surface area contributed by atoms with Gasteiger partial charge in [-0.05, 0) is 46.2 Å². The molecular weight excluding hydrogens is 250 g/mol. The minimum atomic E-state index is 0.281. The van der Waals surface area contributed by atoms with Gasteiger partial charge in [0.2, 0.25) is 0 Å². The van der Waals surface area contributed by atoms with Crippen molar-refractivity contribution in [3.63, 3.8) is 0 Å². The standard InChI is InChI=1S/C15H25N5/c1-6-20-10-9-17-15(20)14(16-4)8-7-13-11(2)18-19(5)12(13)3/h9-10,14,16H,6-8H2,1-5H3. The quantitative estimate of drug-likeness (QED) is 0.878. The number of hydrogen-bond acceptors (Lipinski definition) is 3. The van der Waals surface area contributed by atoms with E-state index in [2.05, 4.69) is 40.7 Å². The van der Waals surface area contributed by atoms with Gasteiger partial charge in [0, 0.05) is 31.7 Å². The van der Waals surface area contributed by atoms with Crippen LogP contribution in [0, 0.1) is 13.8 Å². The van der Waals surface area contributed by atoms with Gasteiger partial charge in [-0.1, -0.05) is 0 Å². The monoisotopic (exact) mass is 275 g/mol. The molecule has 0 bridgehead atoms. The van der Waals surface area contributed by atoms with E-state index in [1.54, 1.807) is 0 Å². The topological polar surface area (TPSA) is 47.7 Å². The van der Waals surface area contributed by atoms with Gasteiger partial charge in [-0.3, -0.25) is 4.68 Å². The Labute approximate surface area is 121 Å². The average Bonchev–Trinajstić information content (AvgIpc) is 2.99. The summed E-state index contributed by atoms with van der Waals surface area (Å²) in [6.07, 6.45) is 5.97. The zero-order valence-electron chi connectivity index (χ0n) is 13.1. The van der Waals surface area contributed by atoms with E-state index in [9.17, 15) is 0 Å². The first kappa shape index (κ1) is 14.8. The summed E-state index contributed by atoms with van der Waals surface area (Å²) in [5.74, 6) is 1.12. The molecule has 20 heavy (non-hydrogen) atoms. The molecule has 2 rings (SSSR count). The van der Waals surface area contributed by atoms with Crippen LogP contribution in [0.5, 0.6) is 0 Å². The van der Waals surface area contributed by atoms with Gasteiger partial charge in [0.15, 0.2) is 0 Å². The zero-order valence-corrected chi connectivity index (χ0v) is 13.1. The van der Waals surface area contributed by atoms with Crippen LogP contribution in [0.15, 0.2) is 12.4 Å². The van der Waals surface area contributed by atoms with Crippen LogP contribution in [0.1, 0.15) is 42.2 Å². The van der Waals surface area contributed by atoms with E-state index in [0.29, 0.717) is 0 Å². The molecule has 0 fully saturated rings. The highest BCUT2D eigenvalue weighted by molar-refractivity contribution is 5.24. The Morgan fingerprint density at radius 3 is 2.65 bits per heavy atom. The highest BCUT2D eigenvalue weighted by Gasteiger charge is 2.17. The Kier molecular flexibility index (Phi) is 4.60. The highest BCUT2D eigenvalue weighted by Crippen LogP contribution is 2.21. The van der Waals surface area contributed by atoms with Gasteiger partial charge in [-0.15, -0.1) is 0 Å². The largest absolute Gasteiger partial charge is 0.334 e. The van der Waals surface area contributed by atoms with Crippen molar-refractivity contribution in [3.8, 4) is 0 Å². The number of aryl methyl sites for hydroxylation is 3. The summed E-state index contributed by atoms with van der Waals surface area (Å²) >= 11 is 0. The van der Waals surface area contributed by atoms with Crippen LogP contribution in [0.3, 0.4) is 0 Å². The molecule has 2 heterocycles. The van der Waals surface area contributed by atoms with E-state index in [4.69, 9.17) is 0 Å². The zero-order chi connectivity index (χ0) is 14.7. The van der Waals surface area contributed by atoms with Crippen molar-refractivity contribution in [2.45, 2.75) is 46.2 Å². The number of aromatic nitrogens is 4. The summed E-state index contributed by atoms with van der Waals surface area (Å²) in [6.45, 7) is 7.33. The van der Waals surface area contributed by atoms with Crippen LogP contribution in [0.25, 0.3) is 0 Å². The normalized spacial score (nSPS) is 12.8. The lowest BCUT2D eigenvalue weighted by Gasteiger charge is -2.17. The summed E-state index contributed by atoms with van der Waals surface area (Å²) in [5, 5.41) is 7.87. The van der Waals surface area contributed by atoms with Gasteiger partial charge in [-0.2, -0.15) is 5.10 Å². The second-order valence-electron chi connectivity index (χ2n) is 5.22. The van der Waals surface area contributed by atoms with E-state index < -0.39 is 0 Å². The number of nitrogens with zero attached hydrogens (tertiary/aromatic N) is 4. The third kappa shape index (κ3) is 2.77. The molecule has 5 nitrogen and oxygen atoms in total. The Morgan fingerprint density at radius 1 is 1.35 bits per heavy atom. The predicted octanol–water partition coefficient (Wildman–Crippen LogP) is 2.15. The maximum atomic E-state index is 4.50. The maximum absolute atomic E-state index is 4.50. The molecular formula is C15H25N5. The Balaban J connectivity index is 2.12. The van der Waals surface area contributed by atoms with E-state index >= 15 is 0 Å². The predicted molar refractivity (Wildman–Crippen MR) is 80.7 cm³/mol. The minimum absolute atomic E-state index is 0.281. The fourth-order valence-corrected chi connectivity index (χ4v) is 2.77. The highest BCUT2D eigenvalue weighted by atomic mass is 15.3. The van der Waals surface area contributed by atoms with E-state index in [1.807, 2.05) is 31.2 Å². The molecule has 1 unspecified atom stereocenters. The molecule has 0 aliphatic carbocycles. The molecule has 2 aromatic rings. The molecule has 0 aromatic carbocycles. The summed E-state index contributed by atoms with van der Waals surface area (Å²) in [5.41, 5.74) is 3.76. The average molecular weight is 275 g/mol. The number of hydrogen-bond donors (Lipinski definition) is 1. The summed E-state index contributed by atoms with van der Waals surface area (Å²) < 4.78 is 4.16. The molecule has 0 saturated heterocycles. The lowest BCUT2D eigenvalue weighted by atomic mass is 10.0. The number of imidazole rings is 1. The molecule has 0 spiro atoms. The minimum Gasteiger partial charge on any atom is -0.334 e. The van der Waals surface area contributed by atoms with Gasteiger partial charge in [0.25, 0.3) is 0 Å². The molecule has 1 N–H and O–H groups in total. The fraction of sp³-hybridized carbons (Fsp3) is 0.600. The molecule has 0 aliphatic rings. The van der Waals surface area contributed by atoms with Crippen LogP contribution in [-0.2, 0) is 20.0 Å². The van der Waals surface area contributed by atoms with Crippen LogP contribution >= 0.6 is 0 Å². The van der Waals surface area contributed by atoms with Crippen molar-refractivity contribution in [1.29, 1.82) is 0 Å². The molecule has 2 aromatic heterocycles. The Bertz CT molecular complexity index is 567. The van der Waals surface area contributed by atoms with Gasteiger partial charge < -0.3 is 9.88 Å². The summed E-state index contributed by atoms with van der Waals surface area (Å²) in [7, 11) is 4.01. The third-order valence-corrected chi connectivity index (χ3v) is 4.09. The van der Waals surface area contributed by atoms with E-state index in [-0.39, 0.29) is 6.04 Å². The van der Waals surface area contributed by atoms with E-state index in [1.165, 1.54) is 11.3 Å². The van der Waals surface area contributed by atoms with Gasteiger partial charge in [0.05, 0.1) is 11.7 Å². The second kappa shape index (κ2) is 6.22. The number of nitrogens with one attached hydrogen (secondary N) is 1. The van der Waals surface area contributed by atoms with Crippen molar-refractivity contribution in [2.75, 3.05) is 7.05 Å². The second-order valence-corrected chi connectivity index (χ2v) is 5.22. The van der Waals surface area contributed by atoms with Gasteiger partial charge in [0.1, 0.15) is 5.82 Å². The van der Waals surface area contributed by atoms with Gasteiger partial charge in [-0.25, -0.2) is 4.98 Å². The molecule has 1 atom stereocenters. The molecule has 5 heteroatoms. The summed E-state index contributed by atoms with van der Waals surface area (Å²) in [4.78, 5) is 4.50. The first-order chi connectivity index (χ1) is 9.58. The van der Waals surface area contributed by atoms with Crippen LogP contribution in [0.4, 0.5) is 0 Å². The van der Waals surface area contributed by atoms with Crippen molar-refractivity contribution in [1.82, 2.24) is 24.6 Å². The number of rotatable bonds is 6. The SMILES string of the molecule is CCn1ccnc1C(CCc1c(C)nn(C)c1C)NC. The van der Waals surface area contributed by atoms with Crippen LogP contribution < -0.4 is 5.32 Å². The first-order valence-corrected chi connectivity index (χ1v) is 7.25. The smallest absolute Gasteiger partial charge is 0.125 e. The third-order valence-electron chi connectivity index (χ3n) is 4.09. The maximum Gasteiger partial charge on any atom is 0.125 e. The lowest BCUT2D eigenvalue weighted by molar-refractivity contribution is 0.493. The molecule has 0 saturated carbocycles. The van der Waals surface area contributed by atoms with E-state index in [0.717, 1.165) is 30.9 Å². The van der Waals surface area contributed by atoms with Crippen LogP contribution in [0.2, 0.25) is 0 Å². The van der Waals surface area contributed by atoms with Crippen molar-refractivity contribution >= 4 is 0 Å². The molecule has 0 amide bonds. The Hall–Kier alpha value is -1.62. The lowest BCUT2D eigenvalue weighted by Crippen LogP contribution is -2.21. The molecule has 0 radical (unpaired) electrons. The fourth-order valence-electron chi connectivity index (χ4n) is 2.77.